The molecule has 0 aliphatic rings. The molecule has 0 spiro atoms. The van der Waals surface area contributed by atoms with Crippen LogP contribution in [0, 0.1) is 0 Å². The van der Waals surface area contributed by atoms with Crippen LogP contribution in [0.2, 0.25) is 0 Å². The first-order valence-corrected chi connectivity index (χ1v) is 7.96. The van der Waals surface area contributed by atoms with Gasteiger partial charge < -0.3 is 20.3 Å². The summed E-state index contributed by atoms with van der Waals surface area (Å²) >= 11 is 0. The summed E-state index contributed by atoms with van der Waals surface area (Å²) < 4.78 is 4.99. The fourth-order valence-electron chi connectivity index (χ4n) is 2.00. The average molecular weight is 349 g/mol. The first-order chi connectivity index (χ1) is 11.9. The second-order valence-electron chi connectivity index (χ2n) is 5.20. The predicted molar refractivity (Wildman–Crippen MR) is 92.0 cm³/mol. The van der Waals surface area contributed by atoms with E-state index in [1.54, 1.807) is 26.0 Å². The molecule has 0 saturated carbocycles. The zero-order valence-electron chi connectivity index (χ0n) is 14.6. The van der Waals surface area contributed by atoms with E-state index < -0.39 is 18.5 Å². The number of benzene rings is 1. The zero-order chi connectivity index (χ0) is 18.8. The molecule has 1 aromatic rings. The standard InChI is InChI=1S/C17H23N3O5/c1-4-18-15(22)10-20(5-2)16(23)11-25-17(24)13-6-8-14(9-7-13)19-12(3)21/h6-9H,4-5,10-11H2,1-3H3,(H,18,22)(H,19,21). The molecule has 0 unspecified atom stereocenters. The van der Waals surface area contributed by atoms with Gasteiger partial charge in [0, 0.05) is 25.7 Å². The van der Waals surface area contributed by atoms with Gasteiger partial charge in [-0.1, -0.05) is 0 Å². The third-order valence-electron chi connectivity index (χ3n) is 3.21. The second-order valence-corrected chi connectivity index (χ2v) is 5.20. The highest BCUT2D eigenvalue weighted by molar-refractivity contribution is 5.93. The number of ether oxygens (including phenoxy) is 1. The maximum atomic E-state index is 12.0. The van der Waals surface area contributed by atoms with E-state index in [1.807, 2.05) is 0 Å². The van der Waals surface area contributed by atoms with Crippen molar-refractivity contribution in [3.05, 3.63) is 29.8 Å². The van der Waals surface area contributed by atoms with Crippen LogP contribution in [0.1, 0.15) is 31.1 Å². The predicted octanol–water partition coefficient (Wildman–Crippen LogP) is 0.786. The normalized spacial score (nSPS) is 9.88. The van der Waals surface area contributed by atoms with E-state index in [1.165, 1.54) is 24.0 Å². The fraction of sp³-hybridized carbons (Fsp3) is 0.412. The number of rotatable bonds is 8. The largest absolute Gasteiger partial charge is 0.452 e. The Morgan fingerprint density at radius 1 is 1.08 bits per heavy atom. The number of esters is 1. The Balaban J connectivity index is 2.55. The number of carbonyl (C=O) groups is 4. The highest BCUT2D eigenvalue weighted by atomic mass is 16.5. The Morgan fingerprint density at radius 2 is 1.72 bits per heavy atom. The van der Waals surface area contributed by atoms with Crippen molar-refractivity contribution in [3.8, 4) is 0 Å². The summed E-state index contributed by atoms with van der Waals surface area (Å²) in [6.07, 6.45) is 0. The molecule has 25 heavy (non-hydrogen) atoms. The Labute approximate surface area is 146 Å². The maximum absolute atomic E-state index is 12.0. The zero-order valence-corrected chi connectivity index (χ0v) is 14.6. The van der Waals surface area contributed by atoms with E-state index in [2.05, 4.69) is 10.6 Å². The Kier molecular flexibility index (Phi) is 8.11. The van der Waals surface area contributed by atoms with Crippen LogP contribution >= 0.6 is 0 Å². The number of carbonyl (C=O) groups excluding carboxylic acids is 4. The van der Waals surface area contributed by atoms with Crippen LogP contribution in [0.3, 0.4) is 0 Å². The molecule has 0 bridgehead atoms. The molecule has 3 amide bonds. The minimum atomic E-state index is -0.656. The van der Waals surface area contributed by atoms with Gasteiger partial charge in [-0.05, 0) is 38.1 Å². The maximum Gasteiger partial charge on any atom is 0.338 e. The van der Waals surface area contributed by atoms with E-state index >= 15 is 0 Å². The van der Waals surface area contributed by atoms with Crippen LogP contribution in [0.15, 0.2) is 24.3 Å². The topological polar surface area (TPSA) is 105 Å². The van der Waals surface area contributed by atoms with E-state index in [0.717, 1.165) is 0 Å². The van der Waals surface area contributed by atoms with Crippen molar-refractivity contribution < 1.29 is 23.9 Å². The van der Waals surface area contributed by atoms with Crippen molar-refractivity contribution in [2.75, 3.05) is 31.6 Å². The SMILES string of the molecule is CCNC(=O)CN(CC)C(=O)COC(=O)c1ccc(NC(C)=O)cc1. The van der Waals surface area contributed by atoms with Crippen molar-refractivity contribution in [1.82, 2.24) is 10.2 Å². The lowest BCUT2D eigenvalue weighted by molar-refractivity contribution is -0.138. The molecule has 0 fully saturated rings. The fourth-order valence-corrected chi connectivity index (χ4v) is 2.00. The van der Waals surface area contributed by atoms with Crippen LogP contribution < -0.4 is 10.6 Å². The van der Waals surface area contributed by atoms with Gasteiger partial charge in [-0.25, -0.2) is 4.79 Å². The van der Waals surface area contributed by atoms with Crippen LogP contribution in [-0.2, 0) is 19.1 Å². The quantitative estimate of drug-likeness (QED) is 0.675. The van der Waals surface area contributed by atoms with Gasteiger partial charge in [0.25, 0.3) is 5.91 Å². The summed E-state index contributed by atoms with van der Waals surface area (Å²) in [4.78, 5) is 47.8. The van der Waals surface area contributed by atoms with E-state index in [4.69, 9.17) is 4.74 Å². The smallest absolute Gasteiger partial charge is 0.338 e. The van der Waals surface area contributed by atoms with Crippen molar-refractivity contribution in [2.24, 2.45) is 0 Å². The highest BCUT2D eigenvalue weighted by Gasteiger charge is 2.17. The molecule has 1 aromatic carbocycles. The first-order valence-electron chi connectivity index (χ1n) is 7.96. The molecule has 0 aliphatic heterocycles. The molecular formula is C17H23N3O5. The van der Waals surface area contributed by atoms with Crippen LogP contribution in [0.5, 0.6) is 0 Å². The first kappa shape index (κ1) is 20.1. The van der Waals surface area contributed by atoms with Gasteiger partial charge in [-0.3, -0.25) is 14.4 Å². The monoisotopic (exact) mass is 349 g/mol. The Morgan fingerprint density at radius 3 is 2.24 bits per heavy atom. The molecule has 136 valence electrons. The minimum absolute atomic E-state index is 0.0772. The van der Waals surface area contributed by atoms with Crippen LogP contribution in [-0.4, -0.2) is 54.8 Å². The number of nitrogens with one attached hydrogen (secondary N) is 2. The number of amides is 3. The van der Waals surface area contributed by atoms with Crippen molar-refractivity contribution >= 4 is 29.4 Å². The van der Waals surface area contributed by atoms with E-state index in [0.29, 0.717) is 18.8 Å². The number of hydrogen-bond acceptors (Lipinski definition) is 5. The second kappa shape index (κ2) is 10.1. The Hall–Kier alpha value is -2.90. The summed E-state index contributed by atoms with van der Waals surface area (Å²) in [6.45, 7) is 5.20. The molecule has 1 rings (SSSR count). The molecule has 8 heteroatoms. The third-order valence-corrected chi connectivity index (χ3v) is 3.21. The summed E-state index contributed by atoms with van der Waals surface area (Å²) in [5, 5.41) is 5.19. The molecule has 0 aromatic heterocycles. The lowest BCUT2D eigenvalue weighted by atomic mass is 10.2. The summed E-state index contributed by atoms with van der Waals surface area (Å²) in [6, 6.07) is 6.11. The molecule has 0 aliphatic carbocycles. The van der Waals surface area contributed by atoms with Gasteiger partial charge in [0.05, 0.1) is 12.1 Å². The lowest BCUT2D eigenvalue weighted by Gasteiger charge is -2.20. The molecule has 0 radical (unpaired) electrons. The summed E-state index contributed by atoms with van der Waals surface area (Å²) in [5.74, 6) is -1.58. The number of hydrogen-bond donors (Lipinski definition) is 2. The lowest BCUT2D eigenvalue weighted by Crippen LogP contribution is -2.42. The number of anilines is 1. The van der Waals surface area contributed by atoms with Crippen molar-refractivity contribution in [1.29, 1.82) is 0 Å². The van der Waals surface area contributed by atoms with Gasteiger partial charge in [0.15, 0.2) is 6.61 Å². The van der Waals surface area contributed by atoms with Crippen LogP contribution in [0.25, 0.3) is 0 Å². The third kappa shape index (κ3) is 7.03. The van der Waals surface area contributed by atoms with Crippen molar-refractivity contribution in [2.45, 2.75) is 20.8 Å². The molecule has 0 atom stereocenters. The number of nitrogens with zero attached hydrogens (tertiary/aromatic N) is 1. The molecule has 0 heterocycles. The number of likely N-dealkylation sites (N-methyl/N-ethyl adjacent to an activating group) is 2. The Bertz CT molecular complexity index is 628. The summed E-state index contributed by atoms with van der Waals surface area (Å²) in [7, 11) is 0. The van der Waals surface area contributed by atoms with Crippen molar-refractivity contribution in [3.63, 3.8) is 0 Å². The molecule has 0 saturated heterocycles. The van der Waals surface area contributed by atoms with Gasteiger partial charge in [-0.2, -0.15) is 0 Å². The molecule has 8 nitrogen and oxygen atoms in total. The average Bonchev–Trinajstić information content (AvgIpc) is 2.57. The molecule has 2 N–H and O–H groups in total. The van der Waals surface area contributed by atoms with Gasteiger partial charge in [0.2, 0.25) is 11.8 Å². The van der Waals surface area contributed by atoms with E-state index in [-0.39, 0.29) is 23.9 Å². The minimum Gasteiger partial charge on any atom is -0.452 e. The van der Waals surface area contributed by atoms with Gasteiger partial charge >= 0.3 is 5.97 Å². The van der Waals surface area contributed by atoms with Gasteiger partial charge in [0.1, 0.15) is 0 Å². The van der Waals surface area contributed by atoms with Crippen LogP contribution in [0.4, 0.5) is 5.69 Å². The van der Waals surface area contributed by atoms with E-state index in [9.17, 15) is 19.2 Å². The molecular weight excluding hydrogens is 326 g/mol. The highest BCUT2D eigenvalue weighted by Crippen LogP contribution is 2.10. The summed E-state index contributed by atoms with van der Waals surface area (Å²) in [5.41, 5.74) is 0.813. The van der Waals surface area contributed by atoms with Gasteiger partial charge in [-0.15, -0.1) is 0 Å².